The van der Waals surface area contributed by atoms with Crippen molar-refractivity contribution in [2.45, 2.75) is 44.0 Å². The number of halogens is 1. The zero-order valence-electron chi connectivity index (χ0n) is 11.1. The van der Waals surface area contributed by atoms with E-state index in [9.17, 15) is 5.11 Å². The first kappa shape index (κ1) is 13.4. The van der Waals surface area contributed by atoms with Crippen LogP contribution in [0.2, 0.25) is 5.02 Å². The molecule has 2 fully saturated rings. The van der Waals surface area contributed by atoms with Gasteiger partial charge < -0.3 is 15.6 Å². The molecule has 3 nitrogen and oxygen atoms in total. The number of hydrogen-bond donors (Lipinski definition) is 2. The highest BCUT2D eigenvalue weighted by atomic mass is 35.5. The lowest BCUT2D eigenvalue weighted by Gasteiger charge is -2.46. The normalized spacial score (nSPS) is 36.4. The zero-order chi connectivity index (χ0) is 13.7. The first-order valence-corrected chi connectivity index (χ1v) is 7.21. The van der Waals surface area contributed by atoms with Gasteiger partial charge in [0.05, 0.1) is 17.8 Å². The molecule has 0 spiro atoms. The second kappa shape index (κ2) is 4.45. The summed E-state index contributed by atoms with van der Waals surface area (Å²) in [6.07, 6.45) is 3.24. The lowest BCUT2D eigenvalue weighted by Crippen LogP contribution is -2.54. The molecule has 4 atom stereocenters. The molecule has 104 valence electrons. The fourth-order valence-electron chi connectivity index (χ4n) is 3.79. The Bertz CT molecular complexity index is 474. The van der Waals surface area contributed by atoms with Crippen LogP contribution in [0.1, 0.15) is 31.7 Å². The molecule has 1 aromatic carbocycles. The number of nitrogens with two attached hydrogens (primary N) is 1. The Morgan fingerprint density at radius 1 is 1.42 bits per heavy atom. The molecule has 0 saturated carbocycles. The molecule has 3 N–H and O–H groups in total. The Balaban J connectivity index is 2.00. The summed E-state index contributed by atoms with van der Waals surface area (Å²) in [5.41, 5.74) is 5.52. The van der Waals surface area contributed by atoms with Gasteiger partial charge >= 0.3 is 0 Å². The number of benzene rings is 1. The minimum atomic E-state index is -0.994. The summed E-state index contributed by atoms with van der Waals surface area (Å²) in [5, 5.41) is 11.8. The lowest BCUT2D eigenvalue weighted by atomic mass is 9.61. The van der Waals surface area contributed by atoms with Gasteiger partial charge in [-0.1, -0.05) is 23.7 Å². The smallest absolute Gasteiger partial charge is 0.0962 e. The van der Waals surface area contributed by atoms with E-state index in [0.29, 0.717) is 11.6 Å². The Hall–Kier alpha value is -0.610. The van der Waals surface area contributed by atoms with Gasteiger partial charge in [0, 0.05) is 17.0 Å². The molecule has 3 rings (SSSR count). The average molecular weight is 282 g/mol. The predicted octanol–water partition coefficient (Wildman–Crippen LogP) is 2.44. The van der Waals surface area contributed by atoms with E-state index in [1.807, 2.05) is 31.2 Å². The minimum absolute atomic E-state index is 0.0631. The van der Waals surface area contributed by atoms with E-state index in [1.165, 1.54) is 0 Å². The van der Waals surface area contributed by atoms with Crippen LogP contribution in [-0.4, -0.2) is 23.9 Å². The van der Waals surface area contributed by atoms with Gasteiger partial charge in [-0.15, -0.1) is 0 Å². The maximum atomic E-state index is 11.1. The third-order valence-electron chi connectivity index (χ3n) is 5.06. The molecule has 2 aliphatic heterocycles. The molecule has 19 heavy (non-hydrogen) atoms. The van der Waals surface area contributed by atoms with E-state index in [2.05, 4.69) is 0 Å². The molecule has 0 amide bonds. The van der Waals surface area contributed by atoms with Gasteiger partial charge in [0.2, 0.25) is 0 Å². The summed E-state index contributed by atoms with van der Waals surface area (Å²) in [6.45, 7) is 2.29. The molecule has 0 aromatic heterocycles. The first-order valence-electron chi connectivity index (χ1n) is 6.83. The van der Waals surface area contributed by atoms with Crippen molar-refractivity contribution in [3.8, 4) is 0 Å². The molecular formula is C15H20ClNO2. The highest BCUT2D eigenvalue weighted by Crippen LogP contribution is 2.56. The quantitative estimate of drug-likeness (QED) is 0.895. The maximum absolute atomic E-state index is 11.1. The van der Waals surface area contributed by atoms with Gasteiger partial charge in [0.1, 0.15) is 0 Å². The Labute approximate surface area is 118 Å². The lowest BCUT2D eigenvalue weighted by molar-refractivity contribution is -0.105. The molecule has 4 unspecified atom stereocenters. The molecular weight excluding hydrogens is 262 g/mol. The molecule has 0 radical (unpaired) electrons. The largest absolute Gasteiger partial charge is 0.385 e. The van der Waals surface area contributed by atoms with Gasteiger partial charge in [-0.2, -0.15) is 0 Å². The van der Waals surface area contributed by atoms with Crippen molar-refractivity contribution in [1.29, 1.82) is 0 Å². The molecule has 1 aromatic rings. The summed E-state index contributed by atoms with van der Waals surface area (Å²) >= 11 is 5.92. The van der Waals surface area contributed by atoms with Crippen molar-refractivity contribution in [3.63, 3.8) is 0 Å². The van der Waals surface area contributed by atoms with Crippen LogP contribution in [0.15, 0.2) is 24.3 Å². The third kappa shape index (κ3) is 1.83. The summed E-state index contributed by atoms with van der Waals surface area (Å²) in [5.74, 6) is 0. The number of aliphatic hydroxyl groups is 1. The van der Waals surface area contributed by atoms with Crippen molar-refractivity contribution < 1.29 is 9.84 Å². The second-order valence-electron chi connectivity index (χ2n) is 5.97. The van der Waals surface area contributed by atoms with E-state index in [1.54, 1.807) is 0 Å². The van der Waals surface area contributed by atoms with Crippen LogP contribution in [0.25, 0.3) is 0 Å². The van der Waals surface area contributed by atoms with Gasteiger partial charge in [0.25, 0.3) is 0 Å². The Morgan fingerprint density at radius 3 is 2.58 bits per heavy atom. The number of hydrogen-bond acceptors (Lipinski definition) is 3. The zero-order valence-corrected chi connectivity index (χ0v) is 11.9. The van der Waals surface area contributed by atoms with Crippen LogP contribution >= 0.6 is 11.6 Å². The number of rotatable bonds is 3. The van der Waals surface area contributed by atoms with E-state index in [-0.39, 0.29) is 17.6 Å². The number of ether oxygens (including phenoxy) is 1. The highest BCUT2D eigenvalue weighted by Gasteiger charge is 2.60. The summed E-state index contributed by atoms with van der Waals surface area (Å²) < 4.78 is 5.94. The third-order valence-corrected chi connectivity index (χ3v) is 5.31. The van der Waals surface area contributed by atoms with Gasteiger partial charge in [-0.3, -0.25) is 0 Å². The fraction of sp³-hybridized carbons (Fsp3) is 0.600. The molecule has 0 aliphatic carbocycles. The van der Waals surface area contributed by atoms with Crippen LogP contribution in [-0.2, 0) is 10.3 Å². The second-order valence-corrected chi connectivity index (χ2v) is 6.40. The minimum Gasteiger partial charge on any atom is -0.385 e. The van der Waals surface area contributed by atoms with Crippen molar-refractivity contribution >= 4 is 11.6 Å². The van der Waals surface area contributed by atoms with E-state index in [4.69, 9.17) is 22.1 Å². The summed E-state index contributed by atoms with van der Waals surface area (Å²) in [6, 6.07) is 7.38. The Morgan fingerprint density at radius 2 is 2.11 bits per heavy atom. The molecule has 2 saturated heterocycles. The van der Waals surface area contributed by atoms with Crippen LogP contribution in [0.5, 0.6) is 0 Å². The topological polar surface area (TPSA) is 55.5 Å². The van der Waals surface area contributed by atoms with Crippen molar-refractivity contribution in [1.82, 2.24) is 0 Å². The first-order chi connectivity index (χ1) is 8.99. The standard InChI is InChI=1S/C15H20ClNO2/c1-14(18,10-2-4-11(16)5-3-10)15(9-17)8-12-6-7-13(15)19-12/h2-5,12-13,18H,6-9,17H2,1H3. The number of fused-ring (bicyclic) bond motifs is 2. The monoisotopic (exact) mass is 281 g/mol. The van der Waals surface area contributed by atoms with Crippen LogP contribution in [0, 0.1) is 5.41 Å². The van der Waals surface area contributed by atoms with E-state index < -0.39 is 5.60 Å². The average Bonchev–Trinajstić information content (AvgIpc) is 3.00. The predicted molar refractivity (Wildman–Crippen MR) is 75.0 cm³/mol. The van der Waals surface area contributed by atoms with Crippen molar-refractivity contribution in [2.24, 2.45) is 11.1 Å². The van der Waals surface area contributed by atoms with Gasteiger partial charge in [-0.05, 0) is 43.9 Å². The van der Waals surface area contributed by atoms with Crippen molar-refractivity contribution in [3.05, 3.63) is 34.9 Å². The summed E-state index contributed by atoms with van der Waals surface area (Å²) in [4.78, 5) is 0. The Kier molecular flexibility index (Phi) is 3.13. The van der Waals surface area contributed by atoms with Gasteiger partial charge in [0.15, 0.2) is 0 Å². The molecule has 2 aliphatic rings. The SMILES string of the molecule is CC(O)(c1ccc(Cl)cc1)C1(CN)CC2CCC1O2. The summed E-state index contributed by atoms with van der Waals surface area (Å²) in [7, 11) is 0. The van der Waals surface area contributed by atoms with Crippen molar-refractivity contribution in [2.75, 3.05) is 6.54 Å². The van der Waals surface area contributed by atoms with Crippen LogP contribution in [0.3, 0.4) is 0 Å². The maximum Gasteiger partial charge on any atom is 0.0962 e. The van der Waals surface area contributed by atoms with Crippen LogP contribution in [0.4, 0.5) is 0 Å². The van der Waals surface area contributed by atoms with Gasteiger partial charge in [-0.25, -0.2) is 0 Å². The van der Waals surface area contributed by atoms with E-state index >= 15 is 0 Å². The molecule has 4 heteroatoms. The molecule has 2 bridgehead atoms. The fourth-order valence-corrected chi connectivity index (χ4v) is 3.91. The van der Waals surface area contributed by atoms with Crippen LogP contribution < -0.4 is 5.73 Å². The highest BCUT2D eigenvalue weighted by molar-refractivity contribution is 6.30. The van der Waals surface area contributed by atoms with E-state index in [0.717, 1.165) is 24.8 Å². The molecule has 2 heterocycles.